The van der Waals surface area contributed by atoms with Crippen LogP contribution in [0.15, 0.2) is 60.7 Å². The summed E-state index contributed by atoms with van der Waals surface area (Å²) in [7, 11) is 0. The van der Waals surface area contributed by atoms with Crippen molar-refractivity contribution in [1.82, 2.24) is 9.80 Å². The quantitative estimate of drug-likeness (QED) is 0.230. The molecule has 0 bridgehead atoms. The maximum atomic E-state index is 13.4. The molecule has 0 spiro atoms. The first-order valence-electron chi connectivity index (χ1n) is 12.6. The third-order valence-electron chi connectivity index (χ3n) is 6.19. The van der Waals surface area contributed by atoms with Crippen LogP contribution in [-0.2, 0) is 37.0 Å². The minimum atomic E-state index is -1.34. The Kier molecular flexibility index (Phi) is 11.0. The van der Waals surface area contributed by atoms with Gasteiger partial charge in [-0.1, -0.05) is 86.1 Å². The van der Waals surface area contributed by atoms with Crippen molar-refractivity contribution in [1.29, 1.82) is 0 Å². The van der Waals surface area contributed by atoms with Crippen LogP contribution < -0.4 is 0 Å². The van der Waals surface area contributed by atoms with Gasteiger partial charge in [-0.25, -0.2) is 19.2 Å². The number of nitrogens with zero attached hydrogens (tertiary/aromatic N) is 2. The lowest BCUT2D eigenvalue weighted by molar-refractivity contribution is -0.155. The van der Waals surface area contributed by atoms with Gasteiger partial charge < -0.3 is 23.8 Å². The van der Waals surface area contributed by atoms with Crippen molar-refractivity contribution in [2.45, 2.75) is 58.6 Å². The maximum Gasteiger partial charge on any atom is 0.420 e. The third kappa shape index (κ3) is 8.35. The molecular weight excluding hydrogens is 528 g/mol. The molecule has 3 amide bonds. The molecule has 11 heteroatoms. The number of benzene rings is 2. The van der Waals surface area contributed by atoms with Crippen LogP contribution in [-0.4, -0.2) is 64.8 Å². The van der Waals surface area contributed by atoms with Gasteiger partial charge in [0.2, 0.25) is 0 Å². The lowest BCUT2D eigenvalue weighted by atomic mass is 10.0. The van der Waals surface area contributed by atoms with E-state index in [-0.39, 0.29) is 31.9 Å². The molecule has 3 rings (SSSR count). The number of likely N-dealkylation sites (tertiary alicyclic amines) is 1. The number of hydrogen-bond acceptors (Lipinski definition) is 8. The number of rotatable bonds is 9. The van der Waals surface area contributed by atoms with E-state index in [4.69, 9.17) is 30.5 Å². The minimum absolute atomic E-state index is 0.0877. The maximum absolute atomic E-state index is 13.4. The molecule has 2 aromatic rings. The summed E-state index contributed by atoms with van der Waals surface area (Å²) in [5, 5.41) is 0. The highest BCUT2D eigenvalue weighted by Crippen LogP contribution is 2.24. The standard InChI is InChI=1S/C28H33ClN2O8/c1-19(2)24(25(32)39-23-14-20(3)30(15-23)26(33)38-18-29)31(27(34)36-16-21-10-6-4-7-11-21)28(35)37-17-22-12-8-5-9-13-22/h4-13,19-20,23-24H,14-18H2,1-3H3/t20-,23-,24+/m1/s1. The minimum Gasteiger partial charge on any atom is -0.459 e. The molecule has 0 aromatic heterocycles. The molecule has 0 unspecified atom stereocenters. The molecule has 39 heavy (non-hydrogen) atoms. The van der Waals surface area contributed by atoms with Gasteiger partial charge in [-0.2, -0.15) is 4.90 Å². The number of imide groups is 1. The van der Waals surface area contributed by atoms with E-state index in [0.717, 1.165) is 0 Å². The Morgan fingerprint density at radius 1 is 0.897 bits per heavy atom. The SMILES string of the molecule is CC(C)[C@@H](C(=O)O[C@@H]1C[C@@H](C)N(C(=O)OCCl)C1)N(C(=O)OCc1ccccc1)C(=O)OCc1ccccc1. The predicted octanol–water partition coefficient (Wildman–Crippen LogP) is 5.33. The lowest BCUT2D eigenvalue weighted by Crippen LogP contribution is -2.52. The molecule has 0 radical (unpaired) electrons. The fourth-order valence-corrected chi connectivity index (χ4v) is 4.33. The summed E-state index contributed by atoms with van der Waals surface area (Å²) in [5.74, 6) is -1.36. The van der Waals surface area contributed by atoms with E-state index in [0.29, 0.717) is 22.4 Å². The van der Waals surface area contributed by atoms with Crippen molar-refractivity contribution < 1.29 is 38.1 Å². The molecule has 1 aliphatic rings. The van der Waals surface area contributed by atoms with Crippen LogP contribution in [0.5, 0.6) is 0 Å². The highest BCUT2D eigenvalue weighted by atomic mass is 35.5. The molecule has 1 saturated heterocycles. The van der Waals surface area contributed by atoms with Crippen LogP contribution in [0.2, 0.25) is 0 Å². The zero-order valence-corrected chi connectivity index (χ0v) is 22.9. The number of ether oxygens (including phenoxy) is 4. The lowest BCUT2D eigenvalue weighted by Gasteiger charge is -2.30. The Hall–Kier alpha value is -3.79. The molecule has 0 N–H and O–H groups in total. The molecule has 1 fully saturated rings. The Balaban J connectivity index is 1.77. The number of amides is 3. The summed E-state index contributed by atoms with van der Waals surface area (Å²) in [6.45, 7) is 5.01. The van der Waals surface area contributed by atoms with Crippen LogP contribution in [0.1, 0.15) is 38.3 Å². The second-order valence-electron chi connectivity index (χ2n) is 9.45. The molecule has 3 atom stereocenters. The van der Waals surface area contributed by atoms with Crippen LogP contribution in [0.4, 0.5) is 14.4 Å². The topological polar surface area (TPSA) is 112 Å². The highest BCUT2D eigenvalue weighted by Gasteiger charge is 2.43. The van der Waals surface area contributed by atoms with Crippen LogP contribution >= 0.6 is 11.6 Å². The van der Waals surface area contributed by atoms with E-state index in [1.165, 1.54) is 4.90 Å². The van der Waals surface area contributed by atoms with Crippen molar-refractivity contribution >= 4 is 35.8 Å². The summed E-state index contributed by atoms with van der Waals surface area (Å²) in [5.41, 5.74) is 1.41. The van der Waals surface area contributed by atoms with E-state index < -0.39 is 42.3 Å². The zero-order valence-electron chi connectivity index (χ0n) is 22.2. The van der Waals surface area contributed by atoms with E-state index in [2.05, 4.69) is 0 Å². The first-order chi connectivity index (χ1) is 18.7. The zero-order chi connectivity index (χ0) is 28.4. The molecule has 1 aliphatic heterocycles. The number of alkyl halides is 1. The number of carbonyl (C=O) groups excluding carboxylic acids is 4. The fourth-order valence-electron chi connectivity index (χ4n) is 4.24. The van der Waals surface area contributed by atoms with Crippen LogP contribution in [0.3, 0.4) is 0 Å². The summed E-state index contributed by atoms with van der Waals surface area (Å²) in [6, 6.07) is 16.0. The molecular formula is C28H33ClN2O8. The smallest absolute Gasteiger partial charge is 0.420 e. The Morgan fingerprint density at radius 2 is 1.41 bits per heavy atom. The number of esters is 1. The van der Waals surface area contributed by atoms with Gasteiger partial charge in [0.1, 0.15) is 25.4 Å². The largest absolute Gasteiger partial charge is 0.459 e. The first-order valence-corrected chi connectivity index (χ1v) is 13.1. The Morgan fingerprint density at radius 3 is 1.87 bits per heavy atom. The molecule has 0 saturated carbocycles. The summed E-state index contributed by atoms with van der Waals surface area (Å²) in [4.78, 5) is 54.1. The number of halogens is 1. The molecule has 0 aliphatic carbocycles. The first kappa shape index (κ1) is 29.8. The van der Waals surface area contributed by atoms with E-state index in [1.807, 2.05) is 12.1 Å². The van der Waals surface area contributed by atoms with Gasteiger partial charge in [-0.3, -0.25) is 0 Å². The van der Waals surface area contributed by atoms with E-state index in [1.54, 1.807) is 69.3 Å². The van der Waals surface area contributed by atoms with Crippen LogP contribution in [0.25, 0.3) is 0 Å². The van der Waals surface area contributed by atoms with Gasteiger partial charge in [0, 0.05) is 12.5 Å². The normalized spacial score (nSPS) is 17.3. The van der Waals surface area contributed by atoms with Gasteiger partial charge in [0.25, 0.3) is 0 Å². The van der Waals surface area contributed by atoms with Crippen molar-refractivity contribution in [3.63, 3.8) is 0 Å². The van der Waals surface area contributed by atoms with Crippen molar-refractivity contribution in [3.05, 3.63) is 71.8 Å². The average Bonchev–Trinajstić information content (AvgIpc) is 3.29. The van der Waals surface area contributed by atoms with E-state index >= 15 is 0 Å². The molecule has 2 aromatic carbocycles. The summed E-state index contributed by atoms with van der Waals surface area (Å²) < 4.78 is 21.3. The Labute approximate surface area is 232 Å². The van der Waals surface area contributed by atoms with Gasteiger partial charge in [0.15, 0.2) is 6.07 Å². The van der Waals surface area contributed by atoms with Crippen molar-refractivity contribution in [3.8, 4) is 0 Å². The fraction of sp³-hybridized carbons (Fsp3) is 0.429. The van der Waals surface area contributed by atoms with Gasteiger partial charge in [0.05, 0.1) is 6.54 Å². The molecule has 210 valence electrons. The van der Waals surface area contributed by atoms with Crippen molar-refractivity contribution in [2.24, 2.45) is 5.92 Å². The monoisotopic (exact) mass is 560 g/mol. The number of hydrogen-bond donors (Lipinski definition) is 0. The third-order valence-corrected chi connectivity index (χ3v) is 6.30. The van der Waals surface area contributed by atoms with Crippen LogP contribution in [0, 0.1) is 5.92 Å². The average molecular weight is 561 g/mol. The molecule has 10 nitrogen and oxygen atoms in total. The predicted molar refractivity (Wildman–Crippen MR) is 142 cm³/mol. The van der Waals surface area contributed by atoms with Gasteiger partial charge >= 0.3 is 24.2 Å². The van der Waals surface area contributed by atoms with Crippen molar-refractivity contribution in [2.75, 3.05) is 12.6 Å². The van der Waals surface area contributed by atoms with Gasteiger partial charge in [-0.05, 0) is 24.0 Å². The second kappa shape index (κ2) is 14.4. The second-order valence-corrected chi connectivity index (χ2v) is 9.67. The van der Waals surface area contributed by atoms with E-state index in [9.17, 15) is 19.2 Å². The molecule has 1 heterocycles. The number of carbonyl (C=O) groups is 4. The summed E-state index contributed by atoms with van der Waals surface area (Å²) >= 11 is 5.50. The highest BCUT2D eigenvalue weighted by molar-refractivity contribution is 6.17. The van der Waals surface area contributed by atoms with Gasteiger partial charge in [-0.15, -0.1) is 0 Å². The Bertz CT molecular complexity index is 1060. The summed E-state index contributed by atoms with van der Waals surface area (Å²) in [6.07, 6.45) is -3.02.